The third-order valence-electron chi connectivity index (χ3n) is 3.78. The van der Waals surface area contributed by atoms with Crippen molar-refractivity contribution < 1.29 is 0 Å². The van der Waals surface area contributed by atoms with Crippen LogP contribution < -0.4 is 5.32 Å². The van der Waals surface area contributed by atoms with Gasteiger partial charge in [0.2, 0.25) is 0 Å². The number of aliphatic imine (C=N–C) groups is 1. The minimum Gasteiger partial charge on any atom is -0.356 e. The highest BCUT2D eigenvalue weighted by atomic mass is 32.1. The molecule has 23 heavy (non-hydrogen) atoms. The molecule has 126 valence electrons. The molecular formula is C17H27N5S. The maximum absolute atomic E-state index is 4.49. The van der Waals surface area contributed by atoms with Gasteiger partial charge in [-0.3, -0.25) is 9.67 Å². The van der Waals surface area contributed by atoms with Crippen molar-refractivity contribution in [2.75, 3.05) is 27.2 Å². The summed E-state index contributed by atoms with van der Waals surface area (Å²) in [6, 6.07) is 6.40. The maximum Gasteiger partial charge on any atom is 0.193 e. The van der Waals surface area contributed by atoms with E-state index < -0.39 is 0 Å². The van der Waals surface area contributed by atoms with Crippen LogP contribution in [0.4, 0.5) is 0 Å². The summed E-state index contributed by atoms with van der Waals surface area (Å²) in [5, 5.41) is 10.0. The van der Waals surface area contributed by atoms with Crippen molar-refractivity contribution >= 4 is 17.3 Å². The highest BCUT2D eigenvalue weighted by molar-refractivity contribution is 7.09. The Morgan fingerprint density at radius 1 is 1.43 bits per heavy atom. The van der Waals surface area contributed by atoms with E-state index in [4.69, 9.17) is 0 Å². The molecule has 1 N–H and O–H groups in total. The van der Waals surface area contributed by atoms with Crippen LogP contribution in [0, 0.1) is 13.8 Å². The lowest BCUT2D eigenvalue weighted by Crippen LogP contribution is -2.40. The SMILES string of the molecule is CN=C(NCCCn1nc(C)cc1C)N(C)CCc1cccs1. The molecule has 0 fully saturated rings. The fourth-order valence-corrected chi connectivity index (χ4v) is 3.25. The van der Waals surface area contributed by atoms with Crippen LogP contribution in [0.3, 0.4) is 0 Å². The number of guanidine groups is 1. The predicted octanol–water partition coefficient (Wildman–Crippen LogP) is 2.70. The molecule has 0 saturated carbocycles. The highest BCUT2D eigenvalue weighted by Crippen LogP contribution is 2.09. The van der Waals surface area contributed by atoms with Gasteiger partial charge in [0.15, 0.2) is 5.96 Å². The maximum atomic E-state index is 4.49. The van der Waals surface area contributed by atoms with E-state index in [0.717, 1.165) is 44.1 Å². The summed E-state index contributed by atoms with van der Waals surface area (Å²) in [6.45, 7) is 6.94. The Morgan fingerprint density at radius 3 is 2.87 bits per heavy atom. The fraction of sp³-hybridized carbons (Fsp3) is 0.529. The first kappa shape index (κ1) is 17.5. The Bertz CT molecular complexity index is 615. The van der Waals surface area contributed by atoms with Crippen molar-refractivity contribution in [3.63, 3.8) is 0 Å². The van der Waals surface area contributed by atoms with Crippen LogP contribution in [0.2, 0.25) is 0 Å². The molecule has 0 radical (unpaired) electrons. The van der Waals surface area contributed by atoms with Crippen molar-refractivity contribution in [3.05, 3.63) is 39.8 Å². The predicted molar refractivity (Wildman–Crippen MR) is 98.3 cm³/mol. The first-order valence-corrected chi connectivity index (χ1v) is 8.93. The number of aromatic nitrogens is 2. The second-order valence-electron chi connectivity index (χ2n) is 5.73. The Hall–Kier alpha value is -1.82. The van der Waals surface area contributed by atoms with Gasteiger partial charge in [0.25, 0.3) is 0 Å². The molecule has 0 aliphatic rings. The zero-order chi connectivity index (χ0) is 16.7. The van der Waals surface area contributed by atoms with Crippen LogP contribution in [0.5, 0.6) is 0 Å². The molecule has 5 nitrogen and oxygen atoms in total. The average molecular weight is 334 g/mol. The first-order valence-electron chi connectivity index (χ1n) is 8.05. The number of nitrogens with one attached hydrogen (secondary N) is 1. The molecular weight excluding hydrogens is 306 g/mol. The molecule has 0 aliphatic heterocycles. The summed E-state index contributed by atoms with van der Waals surface area (Å²) in [6.07, 6.45) is 2.08. The van der Waals surface area contributed by atoms with Crippen LogP contribution in [0.15, 0.2) is 28.6 Å². The topological polar surface area (TPSA) is 45.5 Å². The molecule has 2 rings (SSSR count). The summed E-state index contributed by atoms with van der Waals surface area (Å²) in [7, 11) is 3.93. The molecule has 2 aromatic heterocycles. The normalized spacial score (nSPS) is 11.7. The number of likely N-dealkylation sites (N-methyl/N-ethyl adjacent to an activating group) is 1. The molecule has 2 aromatic rings. The smallest absolute Gasteiger partial charge is 0.193 e. The molecule has 0 aliphatic carbocycles. The molecule has 0 saturated heterocycles. The van der Waals surface area contributed by atoms with Gasteiger partial charge in [-0.05, 0) is 44.2 Å². The minimum absolute atomic E-state index is 0.897. The van der Waals surface area contributed by atoms with Crippen molar-refractivity contribution in [2.45, 2.75) is 33.2 Å². The number of hydrogen-bond acceptors (Lipinski definition) is 3. The zero-order valence-electron chi connectivity index (χ0n) is 14.5. The van der Waals surface area contributed by atoms with Gasteiger partial charge in [-0.15, -0.1) is 11.3 Å². The highest BCUT2D eigenvalue weighted by Gasteiger charge is 2.06. The van der Waals surface area contributed by atoms with Crippen molar-refractivity contribution in [1.29, 1.82) is 0 Å². The Balaban J connectivity index is 1.70. The van der Waals surface area contributed by atoms with Crippen LogP contribution in [-0.2, 0) is 13.0 Å². The minimum atomic E-state index is 0.897. The van der Waals surface area contributed by atoms with Gasteiger partial charge in [0.05, 0.1) is 5.69 Å². The van der Waals surface area contributed by atoms with E-state index in [-0.39, 0.29) is 0 Å². The third kappa shape index (κ3) is 5.39. The van der Waals surface area contributed by atoms with E-state index in [0.29, 0.717) is 0 Å². The standard InChI is InChI=1S/C17H27N5S/c1-14-13-15(2)22(20-14)10-6-9-19-17(18-3)21(4)11-8-16-7-5-12-23-16/h5,7,12-13H,6,8-11H2,1-4H3,(H,18,19). The lowest BCUT2D eigenvalue weighted by atomic mass is 10.3. The van der Waals surface area contributed by atoms with Crippen molar-refractivity contribution in [3.8, 4) is 0 Å². The van der Waals surface area contributed by atoms with E-state index in [1.165, 1.54) is 10.6 Å². The molecule has 0 amide bonds. The zero-order valence-corrected chi connectivity index (χ0v) is 15.4. The van der Waals surface area contributed by atoms with Crippen LogP contribution in [0.1, 0.15) is 22.7 Å². The third-order valence-corrected chi connectivity index (χ3v) is 4.72. The lowest BCUT2D eigenvalue weighted by Gasteiger charge is -2.21. The van der Waals surface area contributed by atoms with E-state index >= 15 is 0 Å². The summed E-state index contributed by atoms with van der Waals surface area (Å²) >= 11 is 1.81. The van der Waals surface area contributed by atoms with E-state index in [1.807, 2.05) is 25.3 Å². The Labute approximate surface area is 143 Å². The monoisotopic (exact) mass is 333 g/mol. The van der Waals surface area contributed by atoms with Crippen LogP contribution in [0.25, 0.3) is 0 Å². The van der Waals surface area contributed by atoms with Crippen molar-refractivity contribution in [2.24, 2.45) is 4.99 Å². The number of thiophene rings is 1. The molecule has 2 heterocycles. The number of rotatable bonds is 7. The summed E-state index contributed by atoms with van der Waals surface area (Å²) in [5.74, 6) is 0.954. The lowest BCUT2D eigenvalue weighted by molar-refractivity contribution is 0.479. The molecule has 0 atom stereocenters. The van der Waals surface area contributed by atoms with Crippen LogP contribution >= 0.6 is 11.3 Å². The van der Waals surface area contributed by atoms with Gasteiger partial charge in [0.1, 0.15) is 0 Å². The average Bonchev–Trinajstić information content (AvgIpc) is 3.14. The van der Waals surface area contributed by atoms with Gasteiger partial charge in [0, 0.05) is 44.3 Å². The van der Waals surface area contributed by atoms with Gasteiger partial charge >= 0.3 is 0 Å². The summed E-state index contributed by atoms with van der Waals surface area (Å²) < 4.78 is 2.07. The van der Waals surface area contributed by atoms with Gasteiger partial charge in [-0.25, -0.2) is 0 Å². The summed E-state index contributed by atoms with van der Waals surface area (Å²) in [5.41, 5.74) is 2.31. The number of nitrogens with zero attached hydrogens (tertiary/aromatic N) is 4. The van der Waals surface area contributed by atoms with E-state index in [9.17, 15) is 0 Å². The number of hydrogen-bond donors (Lipinski definition) is 1. The number of aryl methyl sites for hydroxylation is 3. The molecule has 0 spiro atoms. The summed E-state index contributed by atoms with van der Waals surface area (Å²) in [4.78, 5) is 7.96. The van der Waals surface area contributed by atoms with Crippen LogP contribution in [-0.4, -0.2) is 47.8 Å². The van der Waals surface area contributed by atoms with Gasteiger partial charge in [-0.2, -0.15) is 5.10 Å². The second kappa shape index (κ2) is 8.72. The first-order chi connectivity index (χ1) is 11.1. The second-order valence-corrected chi connectivity index (χ2v) is 6.76. The van der Waals surface area contributed by atoms with Gasteiger partial charge < -0.3 is 10.2 Å². The largest absolute Gasteiger partial charge is 0.356 e. The molecule has 0 bridgehead atoms. The van der Waals surface area contributed by atoms with Gasteiger partial charge in [-0.1, -0.05) is 6.07 Å². The Kier molecular flexibility index (Phi) is 6.65. The fourth-order valence-electron chi connectivity index (χ4n) is 2.55. The molecule has 0 unspecified atom stereocenters. The van der Waals surface area contributed by atoms with Crippen molar-refractivity contribution in [1.82, 2.24) is 20.0 Å². The molecule has 0 aromatic carbocycles. The Morgan fingerprint density at radius 2 is 2.26 bits per heavy atom. The van der Waals surface area contributed by atoms with E-state index in [2.05, 4.69) is 62.5 Å². The van der Waals surface area contributed by atoms with E-state index in [1.54, 1.807) is 0 Å². The molecule has 6 heteroatoms. The quantitative estimate of drug-likeness (QED) is 0.481.